The first kappa shape index (κ1) is 18.0. The largest absolute Gasteiger partial charge is 2.00 e. The molecular weight excluding hydrogens is 238 g/mol. The molecule has 1 aromatic carbocycles. The zero-order valence-corrected chi connectivity index (χ0v) is 9.98. The van der Waals surface area contributed by atoms with Gasteiger partial charge in [0.05, 0.1) is 0 Å². The first-order valence-electron chi connectivity index (χ1n) is 2.12. The van der Waals surface area contributed by atoms with Crippen LogP contribution in [0.3, 0.4) is 0 Å². The quantitative estimate of drug-likeness (QED) is 0.438. The van der Waals surface area contributed by atoms with Crippen LogP contribution in [0.15, 0.2) is 18.2 Å². The number of halogens is 4. The summed E-state index contributed by atoms with van der Waals surface area (Å²) in [6.07, 6.45) is 0. The third kappa shape index (κ3) is 6.32. The molecule has 0 aliphatic heterocycles. The predicted octanol–water partition coefficient (Wildman–Crippen LogP) is -0.161. The van der Waals surface area contributed by atoms with E-state index in [1.165, 1.54) is 0 Å². The molecule has 1 aromatic rings. The average molecular weight is 242 g/mol. The van der Waals surface area contributed by atoms with Gasteiger partial charge in [-0.15, -0.1) is 24.0 Å². The van der Waals surface area contributed by atoms with Crippen LogP contribution in [0.2, 0.25) is 10.0 Å². The molecule has 0 bridgehead atoms. The smallest absolute Gasteiger partial charge is 1.00 e. The number of rotatable bonds is 0. The van der Waals surface area contributed by atoms with E-state index in [0.29, 0.717) is 10.0 Å². The molecule has 0 nitrogen and oxygen atoms in total. The molecule has 0 atom stereocenters. The number of hydrogen-bond donors (Lipinski definition) is 0. The zero-order valence-electron chi connectivity index (χ0n) is 5.48. The van der Waals surface area contributed by atoms with Crippen molar-refractivity contribution in [2.45, 2.75) is 0 Å². The third-order valence-corrected chi connectivity index (χ3v) is 1.48. The fraction of sp³-hybridized carbons (Fsp3) is 0. The van der Waals surface area contributed by atoms with E-state index in [4.69, 9.17) is 23.2 Å². The molecule has 0 aromatic heterocycles. The van der Waals surface area contributed by atoms with Crippen molar-refractivity contribution in [3.8, 4) is 0 Å². The summed E-state index contributed by atoms with van der Waals surface area (Å²) in [5.41, 5.74) is 0. The van der Waals surface area contributed by atoms with Crippen molar-refractivity contribution in [1.29, 1.82) is 0 Å². The van der Waals surface area contributed by atoms with E-state index in [0.717, 1.165) is 0 Å². The van der Waals surface area contributed by atoms with E-state index < -0.39 is 0 Å². The van der Waals surface area contributed by atoms with Gasteiger partial charge in [-0.3, -0.25) is 0 Å². The van der Waals surface area contributed by atoms with Crippen molar-refractivity contribution < 1.29 is 12.4 Å². The molecule has 11 heavy (non-hydrogen) atoms. The second kappa shape index (κ2) is 9.24. The molecule has 5 heteroatoms. The maximum absolute atomic E-state index is 5.55. The van der Waals surface area contributed by atoms with Gasteiger partial charge in [0.1, 0.15) is 0 Å². The van der Waals surface area contributed by atoms with Crippen molar-refractivity contribution in [3.05, 3.63) is 34.3 Å². The maximum Gasteiger partial charge on any atom is 2.00 e. The van der Waals surface area contributed by atoms with Gasteiger partial charge < -0.3 is 12.4 Å². The van der Waals surface area contributed by atoms with E-state index in [1.54, 1.807) is 18.2 Å². The molecule has 0 heterocycles. The van der Waals surface area contributed by atoms with Crippen molar-refractivity contribution >= 4 is 58.7 Å². The fourth-order valence-corrected chi connectivity index (χ4v) is 0.649. The van der Waals surface area contributed by atoms with Crippen LogP contribution in [-0.2, 0) is 0 Å². The van der Waals surface area contributed by atoms with Gasteiger partial charge in [-0.25, -0.2) is 0 Å². The first-order chi connectivity index (χ1) is 3.80. The Morgan fingerprint density at radius 2 is 1.82 bits per heavy atom. The summed E-state index contributed by atoms with van der Waals surface area (Å²) < 4.78 is 0. The van der Waals surface area contributed by atoms with E-state index in [2.05, 4.69) is 6.07 Å². The number of benzene rings is 1. The van der Waals surface area contributed by atoms with Gasteiger partial charge in [-0.05, 0) is 0 Å². The predicted molar refractivity (Wildman–Crippen MR) is 48.3 cm³/mol. The van der Waals surface area contributed by atoms with Crippen molar-refractivity contribution in [2.75, 3.05) is 0 Å². The monoisotopic (exact) mass is 240 g/mol. The molecule has 0 aliphatic rings. The van der Waals surface area contributed by atoms with Crippen molar-refractivity contribution in [2.24, 2.45) is 0 Å². The molecule has 0 N–H and O–H groups in total. The van der Waals surface area contributed by atoms with Crippen LogP contribution < -0.4 is 12.4 Å². The summed E-state index contributed by atoms with van der Waals surface area (Å²) in [5.74, 6) is 0. The summed E-state index contributed by atoms with van der Waals surface area (Å²) in [7, 11) is 0. The van der Waals surface area contributed by atoms with E-state index >= 15 is 0 Å². The van der Waals surface area contributed by atoms with Gasteiger partial charge in [0, 0.05) is 0 Å². The third-order valence-electron chi connectivity index (χ3n) is 0.759. The molecule has 0 saturated carbocycles. The van der Waals surface area contributed by atoms with Gasteiger partial charge in [0.2, 0.25) is 0 Å². The standard InChI is InChI=1S/C6H3Cl2.2ClH.Mg/c7-5-3-1-2-4-6(5)8;;;/h1-3H;2*1H;/q-1;;;+2/p-1. The Morgan fingerprint density at radius 3 is 2.09 bits per heavy atom. The fourth-order valence-electron chi connectivity index (χ4n) is 0.396. The number of hydrogen-bond acceptors (Lipinski definition) is 0. The van der Waals surface area contributed by atoms with E-state index in [9.17, 15) is 0 Å². The molecule has 0 aliphatic carbocycles. The Kier molecular flexibility index (Phi) is 15.1. The SMILES string of the molecule is Cl.Clc1[c-]cccc1Cl.[Cl-].[Mg+2]. The van der Waals surface area contributed by atoms with Gasteiger partial charge in [-0.2, -0.15) is 35.9 Å². The molecular formula is C6H4Cl4Mg. The average Bonchev–Trinajstić information content (AvgIpc) is 1.77. The van der Waals surface area contributed by atoms with Crippen LogP contribution >= 0.6 is 35.6 Å². The summed E-state index contributed by atoms with van der Waals surface area (Å²) >= 11 is 11.1. The normalized spacial score (nSPS) is 6.73. The minimum atomic E-state index is 0. The summed E-state index contributed by atoms with van der Waals surface area (Å²) in [6.45, 7) is 0. The van der Waals surface area contributed by atoms with Crippen LogP contribution in [-0.4, -0.2) is 23.1 Å². The van der Waals surface area contributed by atoms with Gasteiger partial charge >= 0.3 is 23.1 Å². The molecule has 0 fully saturated rings. The van der Waals surface area contributed by atoms with Crippen molar-refractivity contribution in [1.82, 2.24) is 0 Å². The molecule has 1 rings (SSSR count). The first-order valence-corrected chi connectivity index (χ1v) is 2.88. The van der Waals surface area contributed by atoms with Crippen LogP contribution in [0.4, 0.5) is 0 Å². The molecule has 0 saturated heterocycles. The van der Waals surface area contributed by atoms with Crippen LogP contribution in [0.25, 0.3) is 0 Å². The Labute approximate surface area is 105 Å². The van der Waals surface area contributed by atoms with Crippen LogP contribution in [0.5, 0.6) is 0 Å². The Morgan fingerprint density at radius 1 is 1.27 bits per heavy atom. The molecule has 0 amide bonds. The minimum Gasteiger partial charge on any atom is -1.00 e. The molecule has 0 unspecified atom stereocenters. The second-order valence-corrected chi connectivity index (χ2v) is 2.12. The van der Waals surface area contributed by atoms with E-state index in [-0.39, 0.29) is 47.9 Å². The molecule has 58 valence electrons. The van der Waals surface area contributed by atoms with E-state index in [1.807, 2.05) is 0 Å². The van der Waals surface area contributed by atoms with Gasteiger partial charge in [-0.1, -0.05) is 10.0 Å². The summed E-state index contributed by atoms with van der Waals surface area (Å²) in [4.78, 5) is 0. The topological polar surface area (TPSA) is 0 Å². The van der Waals surface area contributed by atoms with Gasteiger partial charge in [0.25, 0.3) is 0 Å². The van der Waals surface area contributed by atoms with Crippen molar-refractivity contribution in [3.63, 3.8) is 0 Å². The molecule has 0 radical (unpaired) electrons. The summed E-state index contributed by atoms with van der Waals surface area (Å²) in [5, 5.41) is 1.03. The Bertz CT molecular complexity index is 171. The molecule has 0 spiro atoms. The maximum atomic E-state index is 5.55. The summed E-state index contributed by atoms with van der Waals surface area (Å²) in [6, 6.07) is 7.96. The zero-order chi connectivity index (χ0) is 5.98. The minimum absolute atomic E-state index is 0. The van der Waals surface area contributed by atoms with Crippen LogP contribution in [0.1, 0.15) is 0 Å². The van der Waals surface area contributed by atoms with Gasteiger partial charge in [0.15, 0.2) is 0 Å². The Hall–Kier alpha value is 1.15. The Balaban J connectivity index is -0.000000213. The van der Waals surface area contributed by atoms with Crippen LogP contribution in [0, 0.1) is 6.07 Å². The second-order valence-electron chi connectivity index (χ2n) is 1.33.